The monoisotopic (exact) mass is 461 g/mol. The van der Waals surface area contributed by atoms with E-state index in [1.54, 1.807) is 47.4 Å². The fraction of sp³-hybridized carbons (Fsp3) is 0.292. The van der Waals surface area contributed by atoms with Gasteiger partial charge in [0, 0.05) is 48.6 Å². The minimum Gasteiger partial charge on any atom is -0.338 e. The largest absolute Gasteiger partial charge is 0.338 e. The predicted molar refractivity (Wildman–Crippen MR) is 122 cm³/mol. The predicted octanol–water partition coefficient (Wildman–Crippen LogP) is 1.62. The van der Waals surface area contributed by atoms with Gasteiger partial charge >= 0.3 is 6.03 Å². The Labute approximate surface area is 195 Å². The van der Waals surface area contributed by atoms with E-state index in [1.807, 2.05) is 0 Å². The molecule has 0 radical (unpaired) electrons. The van der Waals surface area contributed by atoms with Gasteiger partial charge in [0.2, 0.25) is 11.8 Å². The van der Waals surface area contributed by atoms with E-state index in [1.165, 1.54) is 4.90 Å². The minimum atomic E-state index is -0.689. The van der Waals surface area contributed by atoms with Crippen LogP contribution in [0.1, 0.15) is 45.5 Å². The number of imide groups is 1. The number of piperidine rings is 1. The first-order valence-corrected chi connectivity index (χ1v) is 11.1. The SMILES string of the molecule is O=C1CCC(N2Cc3ccc(NC(=O)c4cccc(N5CCCNC5=O)c4)cc3C2=O)C(=O)N1. The summed E-state index contributed by atoms with van der Waals surface area (Å²) in [6.07, 6.45) is 1.30. The molecular weight excluding hydrogens is 438 g/mol. The first-order valence-electron chi connectivity index (χ1n) is 11.1. The zero-order valence-electron chi connectivity index (χ0n) is 18.3. The molecular formula is C24H23N5O5. The molecule has 3 aliphatic heterocycles. The van der Waals surface area contributed by atoms with Crippen LogP contribution < -0.4 is 20.9 Å². The van der Waals surface area contributed by atoms with Crippen molar-refractivity contribution in [3.8, 4) is 0 Å². The second kappa shape index (κ2) is 8.62. The summed E-state index contributed by atoms with van der Waals surface area (Å²) in [5.74, 6) is -1.47. The van der Waals surface area contributed by atoms with Crippen LogP contribution in [-0.2, 0) is 16.1 Å². The summed E-state index contributed by atoms with van der Waals surface area (Å²) in [6, 6.07) is 11.0. The highest BCUT2D eigenvalue weighted by atomic mass is 16.2. The molecule has 10 heteroatoms. The zero-order chi connectivity index (χ0) is 23.8. The Balaban J connectivity index is 1.31. The number of hydrogen-bond donors (Lipinski definition) is 3. The van der Waals surface area contributed by atoms with Crippen LogP contribution in [0.25, 0.3) is 0 Å². The zero-order valence-corrected chi connectivity index (χ0v) is 18.3. The van der Waals surface area contributed by atoms with E-state index in [-0.39, 0.29) is 36.7 Å². The van der Waals surface area contributed by atoms with Crippen molar-refractivity contribution in [2.75, 3.05) is 23.3 Å². The molecule has 5 rings (SSSR count). The topological polar surface area (TPSA) is 128 Å². The van der Waals surface area contributed by atoms with Gasteiger partial charge in [0.05, 0.1) is 0 Å². The van der Waals surface area contributed by atoms with E-state index in [0.717, 1.165) is 12.0 Å². The third-order valence-corrected chi connectivity index (χ3v) is 6.29. The summed E-state index contributed by atoms with van der Waals surface area (Å²) < 4.78 is 0. The number of fused-ring (bicyclic) bond motifs is 1. The van der Waals surface area contributed by atoms with Crippen molar-refractivity contribution in [1.82, 2.24) is 15.5 Å². The quantitative estimate of drug-likeness (QED) is 0.596. The van der Waals surface area contributed by atoms with Crippen LogP contribution in [0.3, 0.4) is 0 Å². The molecule has 2 fully saturated rings. The fourth-order valence-electron chi connectivity index (χ4n) is 4.53. The van der Waals surface area contributed by atoms with Crippen LogP contribution in [0.15, 0.2) is 42.5 Å². The molecule has 34 heavy (non-hydrogen) atoms. The molecule has 0 saturated carbocycles. The van der Waals surface area contributed by atoms with Crippen molar-refractivity contribution in [2.45, 2.75) is 31.8 Å². The summed E-state index contributed by atoms with van der Waals surface area (Å²) in [7, 11) is 0. The van der Waals surface area contributed by atoms with Crippen LogP contribution in [0, 0.1) is 0 Å². The highest BCUT2D eigenvalue weighted by Gasteiger charge is 2.39. The number of anilines is 2. The number of benzene rings is 2. The third kappa shape index (κ3) is 3.98. The van der Waals surface area contributed by atoms with E-state index in [9.17, 15) is 24.0 Å². The van der Waals surface area contributed by atoms with Gasteiger partial charge in [-0.3, -0.25) is 29.4 Å². The summed E-state index contributed by atoms with van der Waals surface area (Å²) in [5, 5.41) is 7.88. The maximum Gasteiger partial charge on any atom is 0.321 e. The molecule has 1 atom stereocenters. The van der Waals surface area contributed by atoms with Gasteiger partial charge in [0.15, 0.2) is 0 Å². The molecule has 10 nitrogen and oxygen atoms in total. The normalized spacial score (nSPS) is 20.1. The lowest BCUT2D eigenvalue weighted by Gasteiger charge is -2.29. The molecule has 0 spiro atoms. The number of rotatable bonds is 4. The van der Waals surface area contributed by atoms with Crippen molar-refractivity contribution in [3.63, 3.8) is 0 Å². The molecule has 3 aliphatic rings. The van der Waals surface area contributed by atoms with Crippen molar-refractivity contribution in [2.24, 2.45) is 0 Å². The van der Waals surface area contributed by atoms with E-state index in [4.69, 9.17) is 0 Å². The summed E-state index contributed by atoms with van der Waals surface area (Å²) in [6.45, 7) is 1.48. The van der Waals surface area contributed by atoms with Crippen molar-refractivity contribution < 1.29 is 24.0 Å². The molecule has 0 aliphatic carbocycles. The summed E-state index contributed by atoms with van der Waals surface area (Å²) in [5.41, 5.74) is 2.64. The van der Waals surface area contributed by atoms with Crippen LogP contribution in [0.2, 0.25) is 0 Å². The lowest BCUT2D eigenvalue weighted by molar-refractivity contribution is -0.136. The van der Waals surface area contributed by atoms with Crippen molar-refractivity contribution in [3.05, 3.63) is 59.2 Å². The molecule has 3 heterocycles. The molecule has 1 unspecified atom stereocenters. The molecule has 2 aromatic carbocycles. The average Bonchev–Trinajstić information content (AvgIpc) is 3.15. The van der Waals surface area contributed by atoms with E-state index in [2.05, 4.69) is 16.0 Å². The lowest BCUT2D eigenvalue weighted by atomic mass is 10.0. The molecule has 174 valence electrons. The van der Waals surface area contributed by atoms with Crippen LogP contribution in [0.4, 0.5) is 16.2 Å². The molecule has 2 aromatic rings. The number of urea groups is 1. The van der Waals surface area contributed by atoms with Crippen molar-refractivity contribution in [1.29, 1.82) is 0 Å². The van der Waals surface area contributed by atoms with Gasteiger partial charge in [-0.15, -0.1) is 0 Å². The van der Waals surface area contributed by atoms with Crippen LogP contribution in [0.5, 0.6) is 0 Å². The lowest BCUT2D eigenvalue weighted by Crippen LogP contribution is -2.52. The van der Waals surface area contributed by atoms with E-state index < -0.39 is 11.9 Å². The number of hydrogen-bond acceptors (Lipinski definition) is 5. The second-order valence-electron chi connectivity index (χ2n) is 8.51. The molecule has 2 saturated heterocycles. The van der Waals surface area contributed by atoms with Gasteiger partial charge in [0.25, 0.3) is 11.8 Å². The first kappa shape index (κ1) is 21.6. The van der Waals surface area contributed by atoms with Gasteiger partial charge in [-0.05, 0) is 48.7 Å². The Kier molecular flexibility index (Phi) is 5.48. The molecule has 3 N–H and O–H groups in total. The number of carbonyl (C=O) groups excluding carboxylic acids is 5. The molecule has 0 aromatic heterocycles. The number of amides is 6. The minimum absolute atomic E-state index is 0.190. The van der Waals surface area contributed by atoms with Crippen LogP contribution in [-0.4, -0.2) is 53.7 Å². The highest BCUT2D eigenvalue weighted by Crippen LogP contribution is 2.29. The van der Waals surface area contributed by atoms with Crippen LogP contribution >= 0.6 is 0 Å². The number of carbonyl (C=O) groups is 5. The average molecular weight is 461 g/mol. The summed E-state index contributed by atoms with van der Waals surface area (Å²) in [4.78, 5) is 64.7. The smallest absolute Gasteiger partial charge is 0.321 e. The van der Waals surface area contributed by atoms with Gasteiger partial charge in [-0.1, -0.05) is 12.1 Å². The Morgan fingerprint density at radius 1 is 1.06 bits per heavy atom. The first-order chi connectivity index (χ1) is 16.4. The van der Waals surface area contributed by atoms with E-state index in [0.29, 0.717) is 42.0 Å². The van der Waals surface area contributed by atoms with Gasteiger partial charge in [-0.25, -0.2) is 4.79 Å². The van der Waals surface area contributed by atoms with Gasteiger partial charge in [0.1, 0.15) is 6.04 Å². The number of nitrogens with zero attached hydrogens (tertiary/aromatic N) is 2. The maximum absolute atomic E-state index is 13.0. The maximum atomic E-state index is 13.0. The number of nitrogens with one attached hydrogen (secondary N) is 3. The second-order valence-corrected chi connectivity index (χ2v) is 8.51. The van der Waals surface area contributed by atoms with E-state index >= 15 is 0 Å². The summed E-state index contributed by atoms with van der Waals surface area (Å²) >= 11 is 0. The van der Waals surface area contributed by atoms with Gasteiger partial charge in [-0.2, -0.15) is 0 Å². The Hall–Kier alpha value is -4.21. The molecule has 6 amide bonds. The molecule has 0 bridgehead atoms. The highest BCUT2D eigenvalue weighted by molar-refractivity contribution is 6.08. The fourth-order valence-corrected chi connectivity index (χ4v) is 4.53. The Morgan fingerprint density at radius 2 is 1.91 bits per heavy atom. The van der Waals surface area contributed by atoms with Crippen molar-refractivity contribution >= 4 is 41.0 Å². The Morgan fingerprint density at radius 3 is 2.71 bits per heavy atom. The standard InChI is InChI=1S/C24H23N5O5/c30-20-8-7-19(22(32)27-20)29-13-15-5-6-16(12-18(15)23(29)33)26-21(31)14-3-1-4-17(11-14)28-10-2-9-25-24(28)34/h1,3-6,11-12,19H,2,7-10,13H2,(H,25,34)(H,26,31)(H,27,30,32). The Bertz CT molecular complexity index is 1230. The third-order valence-electron chi connectivity index (χ3n) is 6.29. The van der Waals surface area contributed by atoms with Gasteiger partial charge < -0.3 is 15.5 Å².